The van der Waals surface area contributed by atoms with Crippen LogP contribution in [-0.2, 0) is 9.53 Å². The second-order valence-electron chi connectivity index (χ2n) is 8.52. The third kappa shape index (κ3) is 7.13. The molecule has 1 aromatic carbocycles. The van der Waals surface area contributed by atoms with Crippen LogP contribution < -0.4 is 5.32 Å². The Morgan fingerprint density at radius 3 is 2.73 bits per heavy atom. The van der Waals surface area contributed by atoms with Crippen LogP contribution in [0.25, 0.3) is 10.9 Å². The lowest BCUT2D eigenvalue weighted by Crippen LogP contribution is -2.32. The standard InChI is InChI=1S/C24H36ClN3O2/c1-6-24(4,5)23(29)30-16-15-28(7-2)14-8-9-18(3)27-21-12-13-26-22-17-19(25)10-11-20(21)22/h10-13,17-18H,6-9,14-16H2,1-5H3,(H,26,27). The Hall–Kier alpha value is -1.85. The number of benzene rings is 1. The van der Waals surface area contributed by atoms with Crippen molar-refractivity contribution in [1.29, 1.82) is 0 Å². The van der Waals surface area contributed by atoms with Crippen LogP contribution >= 0.6 is 11.6 Å². The third-order valence-corrected chi connectivity index (χ3v) is 5.98. The molecular weight excluding hydrogens is 398 g/mol. The van der Waals surface area contributed by atoms with Gasteiger partial charge in [-0.1, -0.05) is 25.4 Å². The van der Waals surface area contributed by atoms with E-state index in [-0.39, 0.29) is 5.97 Å². The van der Waals surface area contributed by atoms with E-state index in [0.717, 1.165) is 55.5 Å². The SMILES string of the molecule is CCN(CCCC(C)Nc1ccnc2cc(Cl)ccc12)CCOC(=O)C(C)(C)CC. The van der Waals surface area contributed by atoms with Gasteiger partial charge in [-0.25, -0.2) is 0 Å². The number of rotatable bonds is 12. The molecule has 1 heterocycles. The number of carbonyl (C=O) groups is 1. The molecule has 1 N–H and O–H groups in total. The number of anilines is 1. The largest absolute Gasteiger partial charge is 0.464 e. The fourth-order valence-electron chi connectivity index (χ4n) is 3.24. The van der Waals surface area contributed by atoms with E-state index in [4.69, 9.17) is 16.3 Å². The predicted octanol–water partition coefficient (Wildman–Crippen LogP) is 5.77. The highest BCUT2D eigenvalue weighted by Gasteiger charge is 2.26. The maximum Gasteiger partial charge on any atom is 0.311 e. The number of carbonyl (C=O) groups excluding carboxylic acids is 1. The molecule has 0 aliphatic rings. The summed E-state index contributed by atoms with van der Waals surface area (Å²) in [7, 11) is 0. The predicted molar refractivity (Wildman–Crippen MR) is 126 cm³/mol. The summed E-state index contributed by atoms with van der Waals surface area (Å²) in [6.45, 7) is 13.4. The van der Waals surface area contributed by atoms with E-state index in [1.54, 1.807) is 0 Å². The van der Waals surface area contributed by atoms with E-state index in [1.165, 1.54) is 0 Å². The van der Waals surface area contributed by atoms with Gasteiger partial charge in [-0.2, -0.15) is 0 Å². The fourth-order valence-corrected chi connectivity index (χ4v) is 3.41. The molecule has 0 saturated heterocycles. The number of nitrogens with one attached hydrogen (secondary N) is 1. The van der Waals surface area contributed by atoms with Crippen LogP contribution in [-0.4, -0.2) is 48.1 Å². The molecule has 0 saturated carbocycles. The number of hydrogen-bond acceptors (Lipinski definition) is 5. The summed E-state index contributed by atoms with van der Waals surface area (Å²) in [6.07, 6.45) is 4.73. The van der Waals surface area contributed by atoms with Crippen molar-refractivity contribution in [2.75, 3.05) is 31.6 Å². The number of pyridine rings is 1. The summed E-state index contributed by atoms with van der Waals surface area (Å²) in [5.74, 6) is -0.107. The lowest BCUT2D eigenvalue weighted by Gasteiger charge is -2.24. The number of nitrogens with zero attached hydrogens (tertiary/aromatic N) is 2. The number of halogens is 1. The van der Waals surface area contributed by atoms with Gasteiger partial charge in [-0.3, -0.25) is 9.78 Å². The number of likely N-dealkylation sites (N-methyl/N-ethyl adjacent to an activating group) is 1. The van der Waals surface area contributed by atoms with Gasteiger partial charge in [0.15, 0.2) is 0 Å². The molecule has 1 atom stereocenters. The average molecular weight is 434 g/mol. The molecule has 1 unspecified atom stereocenters. The molecule has 1 aromatic heterocycles. The number of fused-ring (bicyclic) bond motifs is 1. The summed E-state index contributed by atoms with van der Waals surface area (Å²) < 4.78 is 5.48. The summed E-state index contributed by atoms with van der Waals surface area (Å²) in [5, 5.41) is 5.39. The molecule has 166 valence electrons. The van der Waals surface area contributed by atoms with Crippen LogP contribution in [0, 0.1) is 5.41 Å². The van der Waals surface area contributed by atoms with Crippen LogP contribution in [0.3, 0.4) is 0 Å². The van der Waals surface area contributed by atoms with E-state index in [2.05, 4.69) is 29.0 Å². The molecule has 2 rings (SSSR count). The Bertz CT molecular complexity index is 825. The summed E-state index contributed by atoms with van der Waals surface area (Å²) in [6, 6.07) is 8.15. The molecule has 0 bridgehead atoms. The van der Waals surface area contributed by atoms with Gasteiger partial charge in [0.2, 0.25) is 0 Å². The van der Waals surface area contributed by atoms with Gasteiger partial charge < -0.3 is 15.0 Å². The second kappa shape index (κ2) is 11.5. The molecule has 0 spiro atoms. The quantitative estimate of drug-likeness (QED) is 0.430. The van der Waals surface area contributed by atoms with Gasteiger partial charge in [0.1, 0.15) is 6.61 Å². The van der Waals surface area contributed by atoms with Crippen LogP contribution in [0.5, 0.6) is 0 Å². The Kier molecular flexibility index (Phi) is 9.37. The van der Waals surface area contributed by atoms with E-state index in [9.17, 15) is 4.79 Å². The van der Waals surface area contributed by atoms with Gasteiger partial charge in [-0.15, -0.1) is 0 Å². The molecule has 30 heavy (non-hydrogen) atoms. The van der Waals surface area contributed by atoms with Crippen LogP contribution in [0.15, 0.2) is 30.5 Å². The lowest BCUT2D eigenvalue weighted by atomic mass is 9.91. The Morgan fingerprint density at radius 2 is 2.03 bits per heavy atom. The summed E-state index contributed by atoms with van der Waals surface area (Å²) >= 11 is 6.08. The Morgan fingerprint density at radius 1 is 1.27 bits per heavy atom. The van der Waals surface area contributed by atoms with Crippen molar-refractivity contribution in [3.05, 3.63) is 35.5 Å². The highest BCUT2D eigenvalue weighted by Crippen LogP contribution is 2.25. The van der Waals surface area contributed by atoms with Crippen molar-refractivity contribution in [2.24, 2.45) is 5.41 Å². The topological polar surface area (TPSA) is 54.5 Å². The zero-order valence-corrected chi connectivity index (χ0v) is 19.8. The first-order valence-corrected chi connectivity index (χ1v) is 11.3. The zero-order chi connectivity index (χ0) is 22.1. The molecule has 0 amide bonds. The van der Waals surface area contributed by atoms with E-state index in [1.807, 2.05) is 51.2 Å². The number of ether oxygens (including phenoxy) is 1. The maximum atomic E-state index is 12.1. The van der Waals surface area contributed by atoms with Gasteiger partial charge in [0.25, 0.3) is 0 Å². The van der Waals surface area contributed by atoms with E-state index >= 15 is 0 Å². The van der Waals surface area contributed by atoms with Crippen molar-refractivity contribution in [2.45, 2.75) is 59.9 Å². The van der Waals surface area contributed by atoms with E-state index in [0.29, 0.717) is 17.7 Å². The average Bonchev–Trinajstić information content (AvgIpc) is 2.72. The minimum atomic E-state index is -0.402. The molecule has 6 heteroatoms. The monoisotopic (exact) mass is 433 g/mol. The number of aromatic nitrogens is 1. The number of esters is 1. The van der Waals surface area contributed by atoms with Crippen molar-refractivity contribution < 1.29 is 9.53 Å². The second-order valence-corrected chi connectivity index (χ2v) is 8.95. The van der Waals surface area contributed by atoms with Crippen LogP contribution in [0.2, 0.25) is 5.02 Å². The molecule has 2 aromatic rings. The van der Waals surface area contributed by atoms with E-state index < -0.39 is 5.41 Å². The molecule has 0 radical (unpaired) electrons. The van der Waals surface area contributed by atoms with Gasteiger partial charge in [0, 0.05) is 34.9 Å². The van der Waals surface area contributed by atoms with Crippen LogP contribution in [0.4, 0.5) is 5.69 Å². The fraction of sp³-hybridized carbons (Fsp3) is 0.583. The first-order chi connectivity index (χ1) is 14.3. The lowest BCUT2D eigenvalue weighted by molar-refractivity contribution is -0.154. The summed E-state index contributed by atoms with van der Waals surface area (Å²) in [4.78, 5) is 18.8. The van der Waals surface area contributed by atoms with Gasteiger partial charge >= 0.3 is 5.97 Å². The first-order valence-electron chi connectivity index (χ1n) is 11.0. The zero-order valence-electron chi connectivity index (χ0n) is 19.0. The molecule has 0 aliphatic carbocycles. The van der Waals surface area contributed by atoms with Gasteiger partial charge in [0.05, 0.1) is 10.9 Å². The van der Waals surface area contributed by atoms with Crippen molar-refractivity contribution in [1.82, 2.24) is 9.88 Å². The first kappa shape index (κ1) is 24.4. The van der Waals surface area contributed by atoms with Crippen molar-refractivity contribution in [3.63, 3.8) is 0 Å². The molecular formula is C24H36ClN3O2. The minimum Gasteiger partial charge on any atom is -0.464 e. The molecule has 0 fully saturated rings. The number of hydrogen-bond donors (Lipinski definition) is 1. The maximum absolute atomic E-state index is 12.1. The molecule has 0 aliphatic heterocycles. The highest BCUT2D eigenvalue weighted by atomic mass is 35.5. The Labute approximate surface area is 186 Å². The smallest absolute Gasteiger partial charge is 0.311 e. The van der Waals surface area contributed by atoms with Crippen molar-refractivity contribution >= 4 is 34.2 Å². The third-order valence-electron chi connectivity index (χ3n) is 5.74. The summed E-state index contributed by atoms with van der Waals surface area (Å²) in [5.41, 5.74) is 1.58. The normalized spacial score (nSPS) is 12.9. The minimum absolute atomic E-state index is 0.107. The Balaban J connectivity index is 1.76. The van der Waals surface area contributed by atoms with Crippen molar-refractivity contribution in [3.8, 4) is 0 Å². The van der Waals surface area contributed by atoms with Gasteiger partial charge in [-0.05, 0) is 77.4 Å². The van der Waals surface area contributed by atoms with Crippen LogP contribution in [0.1, 0.15) is 53.9 Å². The molecule has 5 nitrogen and oxygen atoms in total. The highest BCUT2D eigenvalue weighted by molar-refractivity contribution is 6.31.